The van der Waals surface area contributed by atoms with Crippen molar-refractivity contribution >= 4 is 0 Å². The fourth-order valence-electron chi connectivity index (χ4n) is 6.24. The SMILES string of the molecule is Cc1cc(C)c(O)c(C(c2cc(C)cc(C)c2O)C2C3CCC(C3)C2C)c1. The lowest BCUT2D eigenvalue weighted by Gasteiger charge is -2.37. The Hall–Kier alpha value is -1.96. The molecular weight excluding hydrogens is 332 g/mol. The molecule has 0 saturated heterocycles. The van der Waals surface area contributed by atoms with Gasteiger partial charge in [-0.15, -0.1) is 0 Å². The van der Waals surface area contributed by atoms with Gasteiger partial charge in [-0.05, 0) is 81.8 Å². The number of hydrogen-bond acceptors (Lipinski definition) is 2. The molecule has 2 bridgehead atoms. The summed E-state index contributed by atoms with van der Waals surface area (Å²) in [6.07, 6.45) is 3.93. The van der Waals surface area contributed by atoms with Crippen LogP contribution < -0.4 is 0 Å². The number of hydrogen-bond donors (Lipinski definition) is 2. The van der Waals surface area contributed by atoms with E-state index in [1.54, 1.807) is 0 Å². The zero-order valence-corrected chi connectivity index (χ0v) is 17.2. The Balaban J connectivity index is 1.95. The molecule has 2 aromatic carbocycles. The summed E-state index contributed by atoms with van der Waals surface area (Å²) in [4.78, 5) is 0. The predicted octanol–water partition coefficient (Wildman–Crippen LogP) is 6.15. The van der Waals surface area contributed by atoms with Gasteiger partial charge in [-0.3, -0.25) is 0 Å². The highest BCUT2D eigenvalue weighted by atomic mass is 16.3. The van der Waals surface area contributed by atoms with Crippen LogP contribution in [0.2, 0.25) is 0 Å². The molecule has 27 heavy (non-hydrogen) atoms. The average Bonchev–Trinajstić information content (AvgIpc) is 3.19. The first-order valence-corrected chi connectivity index (χ1v) is 10.4. The van der Waals surface area contributed by atoms with Gasteiger partial charge >= 0.3 is 0 Å². The molecule has 2 N–H and O–H groups in total. The second-order valence-corrected chi connectivity index (χ2v) is 9.29. The van der Waals surface area contributed by atoms with Crippen molar-refractivity contribution in [2.75, 3.05) is 0 Å². The van der Waals surface area contributed by atoms with Crippen LogP contribution in [0, 0.1) is 51.4 Å². The molecule has 0 radical (unpaired) electrons. The lowest BCUT2D eigenvalue weighted by Crippen LogP contribution is -2.27. The van der Waals surface area contributed by atoms with E-state index in [-0.39, 0.29) is 5.92 Å². The molecule has 0 aromatic heterocycles. The first-order valence-electron chi connectivity index (χ1n) is 10.4. The lowest BCUT2D eigenvalue weighted by molar-refractivity contribution is 0.213. The standard InChI is InChI=1S/C25H32O2/c1-13-8-15(3)24(26)20(10-13)23(21-11-14(2)9-16(4)25(21)27)22-17(5)18-6-7-19(22)12-18/h8-11,17-19,22-23,26-27H,6-7,12H2,1-5H3. The molecule has 2 saturated carbocycles. The summed E-state index contributed by atoms with van der Waals surface area (Å²) < 4.78 is 0. The van der Waals surface area contributed by atoms with E-state index < -0.39 is 0 Å². The summed E-state index contributed by atoms with van der Waals surface area (Å²) >= 11 is 0. The van der Waals surface area contributed by atoms with Gasteiger partial charge in [0.2, 0.25) is 0 Å². The smallest absolute Gasteiger partial charge is 0.122 e. The van der Waals surface area contributed by atoms with Crippen molar-refractivity contribution < 1.29 is 10.2 Å². The molecular formula is C25H32O2. The van der Waals surface area contributed by atoms with Crippen molar-refractivity contribution in [1.82, 2.24) is 0 Å². The fourth-order valence-corrected chi connectivity index (χ4v) is 6.24. The molecule has 2 nitrogen and oxygen atoms in total. The van der Waals surface area contributed by atoms with E-state index in [0.717, 1.165) is 28.2 Å². The van der Waals surface area contributed by atoms with Gasteiger partial charge in [0.15, 0.2) is 0 Å². The van der Waals surface area contributed by atoms with Gasteiger partial charge in [0.1, 0.15) is 11.5 Å². The molecule has 4 rings (SSSR count). The minimum atomic E-state index is 0.0486. The van der Waals surface area contributed by atoms with E-state index >= 15 is 0 Å². The van der Waals surface area contributed by atoms with Crippen LogP contribution >= 0.6 is 0 Å². The highest BCUT2D eigenvalue weighted by molar-refractivity contribution is 5.54. The Kier molecular flexibility index (Phi) is 4.49. The van der Waals surface area contributed by atoms with Gasteiger partial charge in [0.25, 0.3) is 0 Å². The van der Waals surface area contributed by atoms with Crippen LogP contribution in [0.4, 0.5) is 0 Å². The molecule has 144 valence electrons. The van der Waals surface area contributed by atoms with Crippen LogP contribution in [0.1, 0.15) is 65.5 Å². The number of aryl methyl sites for hydroxylation is 4. The Bertz CT molecular complexity index is 823. The van der Waals surface area contributed by atoms with Gasteiger partial charge < -0.3 is 10.2 Å². The van der Waals surface area contributed by atoms with E-state index in [2.05, 4.69) is 32.9 Å². The minimum absolute atomic E-state index is 0.0486. The molecule has 2 aromatic rings. The van der Waals surface area contributed by atoms with Crippen LogP contribution in [0.5, 0.6) is 11.5 Å². The lowest BCUT2D eigenvalue weighted by atomic mass is 9.67. The highest BCUT2D eigenvalue weighted by Gasteiger charge is 2.49. The van der Waals surface area contributed by atoms with Crippen molar-refractivity contribution in [3.63, 3.8) is 0 Å². The number of phenolic OH excluding ortho intramolecular Hbond substituents is 2. The maximum atomic E-state index is 11.0. The van der Waals surface area contributed by atoms with Crippen molar-refractivity contribution in [2.45, 2.75) is 59.8 Å². The molecule has 2 fully saturated rings. The third-order valence-corrected chi connectivity index (χ3v) is 7.41. The first kappa shape index (κ1) is 18.4. The second-order valence-electron chi connectivity index (χ2n) is 9.29. The van der Waals surface area contributed by atoms with Crippen molar-refractivity contribution in [2.24, 2.45) is 23.7 Å². The monoisotopic (exact) mass is 364 g/mol. The zero-order valence-electron chi connectivity index (χ0n) is 17.2. The summed E-state index contributed by atoms with van der Waals surface area (Å²) in [7, 11) is 0. The van der Waals surface area contributed by atoms with Crippen molar-refractivity contribution in [3.05, 3.63) is 57.6 Å². The summed E-state index contributed by atoms with van der Waals surface area (Å²) in [5.41, 5.74) is 6.19. The Labute approximate surface area is 163 Å². The third kappa shape index (κ3) is 2.94. The van der Waals surface area contributed by atoms with Crippen LogP contribution in [-0.4, -0.2) is 10.2 Å². The number of aromatic hydroxyl groups is 2. The first-order chi connectivity index (χ1) is 12.8. The molecule has 2 aliphatic rings. The van der Waals surface area contributed by atoms with E-state index in [4.69, 9.17) is 0 Å². The molecule has 2 aliphatic carbocycles. The van der Waals surface area contributed by atoms with Crippen molar-refractivity contribution in [3.8, 4) is 11.5 Å². The zero-order chi connectivity index (χ0) is 19.5. The normalized spacial score (nSPS) is 26.9. The summed E-state index contributed by atoms with van der Waals surface area (Å²) in [6.45, 7) is 10.5. The Morgan fingerprint density at radius 1 is 0.778 bits per heavy atom. The highest BCUT2D eigenvalue weighted by Crippen LogP contribution is 2.59. The average molecular weight is 365 g/mol. The summed E-state index contributed by atoms with van der Waals surface area (Å²) in [5.74, 6) is 3.43. The number of fused-ring (bicyclic) bond motifs is 2. The van der Waals surface area contributed by atoms with Crippen LogP contribution in [-0.2, 0) is 0 Å². The molecule has 4 atom stereocenters. The Morgan fingerprint density at radius 2 is 1.26 bits per heavy atom. The van der Waals surface area contributed by atoms with Gasteiger partial charge in [-0.2, -0.15) is 0 Å². The van der Waals surface area contributed by atoms with E-state index in [1.807, 2.05) is 26.0 Å². The van der Waals surface area contributed by atoms with Gasteiger partial charge in [-0.25, -0.2) is 0 Å². The van der Waals surface area contributed by atoms with E-state index in [1.165, 1.54) is 30.4 Å². The topological polar surface area (TPSA) is 40.5 Å². The van der Waals surface area contributed by atoms with Gasteiger partial charge in [0, 0.05) is 17.0 Å². The van der Waals surface area contributed by atoms with Crippen LogP contribution in [0.3, 0.4) is 0 Å². The largest absolute Gasteiger partial charge is 0.507 e. The third-order valence-electron chi connectivity index (χ3n) is 7.41. The maximum Gasteiger partial charge on any atom is 0.122 e. The quantitative estimate of drug-likeness (QED) is 0.686. The maximum absolute atomic E-state index is 11.0. The number of rotatable bonds is 3. The van der Waals surface area contributed by atoms with Crippen LogP contribution in [0.25, 0.3) is 0 Å². The Morgan fingerprint density at radius 3 is 1.70 bits per heavy atom. The molecule has 0 spiro atoms. The van der Waals surface area contributed by atoms with Crippen LogP contribution in [0.15, 0.2) is 24.3 Å². The van der Waals surface area contributed by atoms with E-state index in [0.29, 0.717) is 29.3 Å². The van der Waals surface area contributed by atoms with E-state index in [9.17, 15) is 10.2 Å². The van der Waals surface area contributed by atoms with Gasteiger partial charge in [-0.1, -0.05) is 42.3 Å². The summed E-state index contributed by atoms with van der Waals surface area (Å²) in [6, 6.07) is 8.37. The molecule has 0 aliphatic heterocycles. The minimum Gasteiger partial charge on any atom is -0.507 e. The second kappa shape index (κ2) is 6.58. The number of phenols is 2. The molecule has 0 heterocycles. The molecule has 4 unspecified atom stereocenters. The number of benzene rings is 2. The van der Waals surface area contributed by atoms with Crippen molar-refractivity contribution in [1.29, 1.82) is 0 Å². The fraction of sp³-hybridized carbons (Fsp3) is 0.520. The van der Waals surface area contributed by atoms with Gasteiger partial charge in [0.05, 0.1) is 0 Å². The predicted molar refractivity (Wildman–Crippen MR) is 110 cm³/mol. The molecule has 2 heteroatoms. The summed E-state index contributed by atoms with van der Waals surface area (Å²) in [5, 5.41) is 22.0. The molecule has 0 amide bonds.